The predicted octanol–water partition coefficient (Wildman–Crippen LogP) is 3.06. The van der Waals surface area contributed by atoms with Crippen LogP contribution in [0, 0.1) is 0 Å². The average molecular weight is 377 g/mol. The maximum absolute atomic E-state index is 12.6. The van der Waals surface area contributed by atoms with E-state index in [1.165, 1.54) is 12.0 Å². The number of hydrogen-bond acceptors (Lipinski definition) is 6. The molecule has 148 valence electrons. The third kappa shape index (κ3) is 5.98. The Balaban J connectivity index is 2.02. The van der Waals surface area contributed by atoms with Crippen LogP contribution in [0.15, 0.2) is 30.3 Å². The fourth-order valence-electron chi connectivity index (χ4n) is 3.03. The predicted molar refractivity (Wildman–Crippen MR) is 97.8 cm³/mol. The van der Waals surface area contributed by atoms with Crippen molar-refractivity contribution in [3.05, 3.63) is 35.9 Å². The number of esters is 2. The lowest BCUT2D eigenvalue weighted by atomic mass is 10.1. The van der Waals surface area contributed by atoms with Gasteiger partial charge in [0.25, 0.3) is 0 Å². The molecule has 1 aliphatic rings. The van der Waals surface area contributed by atoms with E-state index in [0.717, 1.165) is 5.56 Å². The molecule has 1 amide bonds. The number of carbonyl (C=O) groups is 3. The Kier molecular flexibility index (Phi) is 6.82. The van der Waals surface area contributed by atoms with Gasteiger partial charge < -0.3 is 14.2 Å². The first-order chi connectivity index (χ1) is 12.7. The average Bonchev–Trinajstić information content (AvgIpc) is 3.02. The second-order valence-electron chi connectivity index (χ2n) is 7.51. The minimum atomic E-state index is -0.753. The molecular formula is C20H27NO6. The van der Waals surface area contributed by atoms with E-state index in [2.05, 4.69) is 0 Å². The molecule has 0 unspecified atom stereocenters. The summed E-state index contributed by atoms with van der Waals surface area (Å²) >= 11 is 0. The number of methoxy groups -OCH3 is 1. The van der Waals surface area contributed by atoms with Crippen molar-refractivity contribution < 1.29 is 28.6 Å². The van der Waals surface area contributed by atoms with E-state index in [9.17, 15) is 14.4 Å². The molecule has 0 saturated carbocycles. The second-order valence-corrected chi connectivity index (χ2v) is 7.51. The molecule has 0 aliphatic carbocycles. The molecular weight excluding hydrogens is 350 g/mol. The molecule has 2 atom stereocenters. The van der Waals surface area contributed by atoms with Crippen molar-refractivity contribution in [1.29, 1.82) is 0 Å². The van der Waals surface area contributed by atoms with E-state index in [1.807, 2.05) is 30.3 Å². The molecule has 0 bridgehead atoms. The first-order valence-corrected chi connectivity index (χ1v) is 9.00. The highest BCUT2D eigenvalue weighted by Crippen LogP contribution is 2.29. The number of carbonyl (C=O) groups excluding carboxylic acids is 3. The van der Waals surface area contributed by atoms with Gasteiger partial charge in [0, 0.05) is 6.04 Å². The zero-order chi connectivity index (χ0) is 20.0. The van der Waals surface area contributed by atoms with Crippen LogP contribution in [0.4, 0.5) is 4.79 Å². The molecule has 0 radical (unpaired) electrons. The van der Waals surface area contributed by atoms with Crippen molar-refractivity contribution >= 4 is 18.0 Å². The molecule has 0 aromatic heterocycles. The zero-order valence-electron chi connectivity index (χ0n) is 16.3. The summed E-state index contributed by atoms with van der Waals surface area (Å²) in [5, 5.41) is 0. The van der Waals surface area contributed by atoms with Crippen LogP contribution in [0.3, 0.4) is 0 Å². The molecule has 27 heavy (non-hydrogen) atoms. The molecule has 1 aliphatic heterocycles. The first kappa shape index (κ1) is 20.7. The summed E-state index contributed by atoms with van der Waals surface area (Å²) in [6.45, 7) is 5.41. The number of hydrogen-bond donors (Lipinski definition) is 0. The number of benzene rings is 1. The van der Waals surface area contributed by atoms with E-state index < -0.39 is 35.7 Å². The van der Waals surface area contributed by atoms with Crippen LogP contribution in [-0.4, -0.2) is 47.7 Å². The summed E-state index contributed by atoms with van der Waals surface area (Å²) in [5.41, 5.74) is 0.173. The summed E-state index contributed by atoms with van der Waals surface area (Å²) in [6.07, 6.45) is 0.290. The Bertz CT molecular complexity index is 667. The Morgan fingerprint density at radius 2 is 1.78 bits per heavy atom. The molecule has 7 heteroatoms. The topological polar surface area (TPSA) is 82.1 Å². The fourth-order valence-corrected chi connectivity index (χ4v) is 3.03. The minimum absolute atomic E-state index is 0.000426. The van der Waals surface area contributed by atoms with E-state index >= 15 is 0 Å². The Hall–Kier alpha value is -2.57. The summed E-state index contributed by atoms with van der Waals surface area (Å²) in [7, 11) is 1.27. The van der Waals surface area contributed by atoms with Crippen molar-refractivity contribution in [2.24, 2.45) is 0 Å². The lowest BCUT2D eigenvalue weighted by molar-refractivity contribution is -0.149. The summed E-state index contributed by atoms with van der Waals surface area (Å²) in [5.74, 6) is -0.941. The van der Waals surface area contributed by atoms with Gasteiger partial charge in [-0.2, -0.15) is 0 Å². The van der Waals surface area contributed by atoms with Gasteiger partial charge in [-0.1, -0.05) is 30.3 Å². The largest absolute Gasteiger partial charge is 0.467 e. The van der Waals surface area contributed by atoms with Crippen molar-refractivity contribution in [2.75, 3.05) is 7.11 Å². The molecule has 7 nitrogen and oxygen atoms in total. The highest BCUT2D eigenvalue weighted by molar-refractivity contribution is 5.83. The molecule has 0 N–H and O–H groups in total. The lowest BCUT2D eigenvalue weighted by Gasteiger charge is -2.31. The van der Waals surface area contributed by atoms with Crippen LogP contribution >= 0.6 is 0 Å². The fraction of sp³-hybridized carbons (Fsp3) is 0.550. The van der Waals surface area contributed by atoms with Crippen molar-refractivity contribution in [2.45, 2.75) is 64.3 Å². The van der Waals surface area contributed by atoms with Gasteiger partial charge in [0.15, 0.2) is 0 Å². The van der Waals surface area contributed by atoms with Gasteiger partial charge in [-0.3, -0.25) is 9.69 Å². The Morgan fingerprint density at radius 1 is 1.11 bits per heavy atom. The monoisotopic (exact) mass is 377 g/mol. The third-order valence-corrected chi connectivity index (χ3v) is 4.23. The van der Waals surface area contributed by atoms with Crippen LogP contribution in [0.2, 0.25) is 0 Å². The SMILES string of the molecule is COC(=O)[C@H]1CC[C@@H](CC(=O)OCc2ccccc2)N1C(=O)OC(C)(C)C. The van der Waals surface area contributed by atoms with Gasteiger partial charge in [0.05, 0.1) is 13.5 Å². The molecule has 0 spiro atoms. The standard InChI is InChI=1S/C20H27NO6/c1-20(2,3)27-19(24)21-15(10-11-16(21)18(23)25-4)12-17(22)26-13-14-8-6-5-7-9-14/h5-9,15-16H,10-13H2,1-4H3/t15-,16+/m0/s1. The normalized spacial score (nSPS) is 19.5. The van der Waals surface area contributed by atoms with Crippen LogP contribution < -0.4 is 0 Å². The van der Waals surface area contributed by atoms with Gasteiger partial charge in [-0.05, 0) is 39.2 Å². The van der Waals surface area contributed by atoms with E-state index in [0.29, 0.717) is 12.8 Å². The van der Waals surface area contributed by atoms with E-state index in [-0.39, 0.29) is 13.0 Å². The summed E-state index contributed by atoms with van der Waals surface area (Å²) in [6, 6.07) is 8.13. The quantitative estimate of drug-likeness (QED) is 0.579. The van der Waals surface area contributed by atoms with Crippen LogP contribution in [-0.2, 0) is 30.4 Å². The summed E-state index contributed by atoms with van der Waals surface area (Å²) in [4.78, 5) is 38.2. The van der Waals surface area contributed by atoms with Crippen LogP contribution in [0.5, 0.6) is 0 Å². The molecule has 1 aromatic carbocycles. The smallest absolute Gasteiger partial charge is 0.411 e. The first-order valence-electron chi connectivity index (χ1n) is 9.00. The highest BCUT2D eigenvalue weighted by Gasteiger charge is 2.44. The molecule has 1 fully saturated rings. The van der Waals surface area contributed by atoms with Crippen LogP contribution in [0.1, 0.15) is 45.6 Å². The van der Waals surface area contributed by atoms with Gasteiger partial charge in [-0.15, -0.1) is 0 Å². The van der Waals surface area contributed by atoms with Crippen molar-refractivity contribution in [1.82, 2.24) is 4.90 Å². The van der Waals surface area contributed by atoms with Crippen molar-refractivity contribution in [3.63, 3.8) is 0 Å². The van der Waals surface area contributed by atoms with E-state index in [4.69, 9.17) is 14.2 Å². The van der Waals surface area contributed by atoms with Gasteiger partial charge in [-0.25, -0.2) is 9.59 Å². The molecule has 1 saturated heterocycles. The maximum atomic E-state index is 12.6. The molecule has 1 heterocycles. The van der Waals surface area contributed by atoms with Gasteiger partial charge in [0.2, 0.25) is 0 Å². The van der Waals surface area contributed by atoms with E-state index in [1.54, 1.807) is 20.8 Å². The lowest BCUT2D eigenvalue weighted by Crippen LogP contribution is -2.48. The van der Waals surface area contributed by atoms with Gasteiger partial charge in [0.1, 0.15) is 18.2 Å². The highest BCUT2D eigenvalue weighted by atomic mass is 16.6. The maximum Gasteiger partial charge on any atom is 0.411 e. The van der Waals surface area contributed by atoms with Gasteiger partial charge >= 0.3 is 18.0 Å². The van der Waals surface area contributed by atoms with Crippen molar-refractivity contribution in [3.8, 4) is 0 Å². The number of amides is 1. The minimum Gasteiger partial charge on any atom is -0.467 e. The molecule has 1 aromatic rings. The Morgan fingerprint density at radius 3 is 2.37 bits per heavy atom. The molecule has 2 rings (SSSR count). The Labute approximate surface area is 159 Å². The number of likely N-dealkylation sites (tertiary alicyclic amines) is 1. The second kappa shape index (κ2) is 8.88. The zero-order valence-corrected chi connectivity index (χ0v) is 16.3. The van der Waals surface area contributed by atoms with Crippen LogP contribution in [0.25, 0.3) is 0 Å². The number of rotatable bonds is 5. The number of ether oxygens (including phenoxy) is 3. The number of nitrogens with zero attached hydrogens (tertiary/aromatic N) is 1. The summed E-state index contributed by atoms with van der Waals surface area (Å²) < 4.78 is 15.5. The third-order valence-electron chi connectivity index (χ3n) is 4.23.